The van der Waals surface area contributed by atoms with E-state index in [2.05, 4.69) is 5.32 Å². The molecule has 0 radical (unpaired) electrons. The fourth-order valence-electron chi connectivity index (χ4n) is 2.66. The molecule has 0 aliphatic carbocycles. The number of carbonyl (C=O) groups excluding carboxylic acids is 1. The molecule has 2 unspecified atom stereocenters. The predicted molar refractivity (Wildman–Crippen MR) is 82.5 cm³/mol. The first-order valence-corrected chi connectivity index (χ1v) is 7.83. The molecule has 1 aliphatic heterocycles. The normalized spacial score (nSPS) is 19.4. The molecule has 0 spiro atoms. The highest BCUT2D eigenvalue weighted by molar-refractivity contribution is 5.81. The number of ether oxygens (including phenoxy) is 1. The highest BCUT2D eigenvalue weighted by Crippen LogP contribution is 2.14. The van der Waals surface area contributed by atoms with Crippen molar-refractivity contribution in [3.8, 4) is 0 Å². The molecule has 0 aromatic heterocycles. The Kier molecular flexibility index (Phi) is 6.40. The number of amides is 1. The summed E-state index contributed by atoms with van der Waals surface area (Å²) in [7, 11) is 0. The molecule has 1 heterocycles. The average Bonchev–Trinajstić information content (AvgIpc) is 2.54. The molecule has 1 aromatic carbocycles. The summed E-state index contributed by atoms with van der Waals surface area (Å²) in [5.41, 5.74) is 1.09. The molecular formula is C17H23NO4. The van der Waals surface area contributed by atoms with Gasteiger partial charge in [-0.2, -0.15) is 0 Å². The molecule has 1 aromatic rings. The van der Waals surface area contributed by atoms with Crippen LogP contribution in [-0.2, 0) is 20.7 Å². The van der Waals surface area contributed by atoms with E-state index in [1.165, 1.54) is 0 Å². The van der Waals surface area contributed by atoms with E-state index in [0.717, 1.165) is 24.8 Å². The van der Waals surface area contributed by atoms with Crippen molar-refractivity contribution in [2.24, 2.45) is 0 Å². The Balaban J connectivity index is 1.93. The van der Waals surface area contributed by atoms with Gasteiger partial charge in [-0.05, 0) is 37.7 Å². The van der Waals surface area contributed by atoms with E-state index in [4.69, 9.17) is 9.84 Å². The van der Waals surface area contributed by atoms with Gasteiger partial charge in [0.2, 0.25) is 5.91 Å². The van der Waals surface area contributed by atoms with Gasteiger partial charge >= 0.3 is 5.97 Å². The first kappa shape index (κ1) is 16.5. The standard InChI is InChI=1S/C17H23NO4/c19-16(20)10-9-14(12-13-6-2-1-3-7-13)18-17(21)15-8-4-5-11-22-15/h1-3,6-7,14-15H,4-5,8-12H2,(H,18,21)(H,19,20). The van der Waals surface area contributed by atoms with Crippen LogP contribution in [0.5, 0.6) is 0 Å². The Morgan fingerprint density at radius 2 is 2.05 bits per heavy atom. The monoisotopic (exact) mass is 305 g/mol. The quantitative estimate of drug-likeness (QED) is 0.809. The lowest BCUT2D eigenvalue weighted by Crippen LogP contribution is -2.44. The van der Waals surface area contributed by atoms with Crippen LogP contribution in [0.15, 0.2) is 30.3 Å². The van der Waals surface area contributed by atoms with Crippen LogP contribution in [0.1, 0.15) is 37.7 Å². The fourth-order valence-corrected chi connectivity index (χ4v) is 2.66. The van der Waals surface area contributed by atoms with Gasteiger partial charge in [-0.1, -0.05) is 30.3 Å². The van der Waals surface area contributed by atoms with Gasteiger partial charge < -0.3 is 15.2 Å². The molecule has 1 amide bonds. The summed E-state index contributed by atoms with van der Waals surface area (Å²) >= 11 is 0. The van der Waals surface area contributed by atoms with E-state index >= 15 is 0 Å². The number of carbonyl (C=O) groups is 2. The Labute approximate surface area is 130 Å². The van der Waals surface area contributed by atoms with Gasteiger partial charge in [-0.15, -0.1) is 0 Å². The van der Waals surface area contributed by atoms with Gasteiger partial charge in [0, 0.05) is 19.1 Å². The number of carboxylic acid groups (broad SMARTS) is 1. The number of hydrogen-bond donors (Lipinski definition) is 2. The summed E-state index contributed by atoms with van der Waals surface area (Å²) in [5, 5.41) is 11.8. The number of nitrogens with one attached hydrogen (secondary N) is 1. The van der Waals surface area contributed by atoms with E-state index in [1.807, 2.05) is 30.3 Å². The maximum atomic E-state index is 12.3. The molecule has 0 saturated carbocycles. The first-order chi connectivity index (χ1) is 10.6. The van der Waals surface area contributed by atoms with Crippen LogP contribution in [0.2, 0.25) is 0 Å². The SMILES string of the molecule is O=C(O)CCC(Cc1ccccc1)NC(=O)C1CCCCO1. The molecule has 2 atom stereocenters. The second kappa shape index (κ2) is 8.54. The van der Waals surface area contributed by atoms with E-state index in [1.54, 1.807) is 0 Å². The zero-order chi connectivity index (χ0) is 15.8. The summed E-state index contributed by atoms with van der Waals surface area (Å²) < 4.78 is 5.49. The highest BCUT2D eigenvalue weighted by atomic mass is 16.5. The van der Waals surface area contributed by atoms with Crippen LogP contribution < -0.4 is 5.32 Å². The van der Waals surface area contributed by atoms with Gasteiger partial charge in [0.25, 0.3) is 0 Å². The van der Waals surface area contributed by atoms with Crippen LogP contribution in [0.3, 0.4) is 0 Å². The number of aliphatic carboxylic acids is 1. The van der Waals surface area contributed by atoms with Crippen LogP contribution in [0.25, 0.3) is 0 Å². The molecule has 2 rings (SSSR count). The van der Waals surface area contributed by atoms with Crippen LogP contribution >= 0.6 is 0 Å². The summed E-state index contributed by atoms with van der Waals surface area (Å²) in [6.07, 6.45) is 3.44. The summed E-state index contributed by atoms with van der Waals surface area (Å²) in [4.78, 5) is 23.1. The van der Waals surface area contributed by atoms with E-state index < -0.39 is 12.1 Å². The van der Waals surface area contributed by atoms with E-state index in [-0.39, 0.29) is 18.4 Å². The van der Waals surface area contributed by atoms with Crippen LogP contribution in [0, 0.1) is 0 Å². The van der Waals surface area contributed by atoms with Crippen molar-refractivity contribution >= 4 is 11.9 Å². The third-order valence-corrected chi connectivity index (χ3v) is 3.85. The summed E-state index contributed by atoms with van der Waals surface area (Å²) in [5.74, 6) is -0.966. The molecule has 120 valence electrons. The Morgan fingerprint density at radius 1 is 1.27 bits per heavy atom. The molecule has 0 bridgehead atoms. The number of carboxylic acids is 1. The van der Waals surface area contributed by atoms with Gasteiger partial charge in [0.1, 0.15) is 6.10 Å². The molecule has 5 heteroatoms. The maximum absolute atomic E-state index is 12.3. The number of rotatable bonds is 7. The minimum atomic E-state index is -0.846. The molecule has 1 saturated heterocycles. The highest BCUT2D eigenvalue weighted by Gasteiger charge is 2.24. The minimum Gasteiger partial charge on any atom is -0.481 e. The smallest absolute Gasteiger partial charge is 0.303 e. The second-order valence-electron chi connectivity index (χ2n) is 5.68. The maximum Gasteiger partial charge on any atom is 0.303 e. The first-order valence-electron chi connectivity index (χ1n) is 7.83. The zero-order valence-corrected chi connectivity index (χ0v) is 12.7. The van der Waals surface area contributed by atoms with Crippen molar-refractivity contribution in [3.05, 3.63) is 35.9 Å². The topological polar surface area (TPSA) is 75.6 Å². The molecule has 2 N–H and O–H groups in total. The molecular weight excluding hydrogens is 282 g/mol. The summed E-state index contributed by atoms with van der Waals surface area (Å²) in [6, 6.07) is 9.60. The van der Waals surface area contributed by atoms with Gasteiger partial charge in [-0.25, -0.2) is 0 Å². The molecule has 1 fully saturated rings. The average molecular weight is 305 g/mol. The van der Waals surface area contributed by atoms with Crippen molar-refractivity contribution < 1.29 is 19.4 Å². The largest absolute Gasteiger partial charge is 0.481 e. The summed E-state index contributed by atoms with van der Waals surface area (Å²) in [6.45, 7) is 0.622. The Bertz CT molecular complexity index is 483. The lowest BCUT2D eigenvalue weighted by atomic mass is 10.0. The van der Waals surface area contributed by atoms with Crippen molar-refractivity contribution in [1.82, 2.24) is 5.32 Å². The molecule has 5 nitrogen and oxygen atoms in total. The third kappa shape index (κ3) is 5.48. The van der Waals surface area contributed by atoms with Gasteiger partial charge in [0.15, 0.2) is 0 Å². The Hall–Kier alpha value is -1.88. The second-order valence-corrected chi connectivity index (χ2v) is 5.68. The van der Waals surface area contributed by atoms with Crippen LogP contribution in [0.4, 0.5) is 0 Å². The van der Waals surface area contributed by atoms with Crippen molar-refractivity contribution in [1.29, 1.82) is 0 Å². The fraction of sp³-hybridized carbons (Fsp3) is 0.529. The van der Waals surface area contributed by atoms with Crippen molar-refractivity contribution in [3.63, 3.8) is 0 Å². The zero-order valence-electron chi connectivity index (χ0n) is 12.7. The number of benzene rings is 1. The minimum absolute atomic E-state index is 0.0449. The van der Waals surface area contributed by atoms with Gasteiger partial charge in [-0.3, -0.25) is 9.59 Å². The molecule has 1 aliphatic rings. The third-order valence-electron chi connectivity index (χ3n) is 3.85. The predicted octanol–water partition coefficient (Wildman–Crippen LogP) is 2.15. The lowest BCUT2D eigenvalue weighted by molar-refractivity contribution is -0.139. The lowest BCUT2D eigenvalue weighted by Gasteiger charge is -2.25. The van der Waals surface area contributed by atoms with E-state index in [9.17, 15) is 9.59 Å². The Morgan fingerprint density at radius 3 is 2.68 bits per heavy atom. The number of hydrogen-bond acceptors (Lipinski definition) is 3. The van der Waals surface area contributed by atoms with Crippen molar-refractivity contribution in [2.45, 2.75) is 50.7 Å². The van der Waals surface area contributed by atoms with Gasteiger partial charge in [0.05, 0.1) is 0 Å². The van der Waals surface area contributed by atoms with E-state index in [0.29, 0.717) is 19.4 Å². The molecule has 22 heavy (non-hydrogen) atoms. The van der Waals surface area contributed by atoms with Crippen molar-refractivity contribution in [2.75, 3.05) is 6.61 Å². The van der Waals surface area contributed by atoms with Crippen LogP contribution in [-0.4, -0.2) is 35.7 Å².